The number of hydrogen-bond acceptors (Lipinski definition) is 4. The monoisotopic (exact) mass is 283 g/mol. The Balaban J connectivity index is 3.23. The van der Waals surface area contributed by atoms with Gasteiger partial charge in [-0.2, -0.15) is 14.8 Å². The van der Waals surface area contributed by atoms with Gasteiger partial charge in [-0.3, -0.25) is 0 Å². The van der Waals surface area contributed by atoms with Gasteiger partial charge in [0.05, 0.1) is 17.0 Å². The molecule has 0 saturated carbocycles. The van der Waals surface area contributed by atoms with Crippen molar-refractivity contribution in [3.63, 3.8) is 0 Å². The maximum absolute atomic E-state index is 12.1. The zero-order valence-corrected chi connectivity index (χ0v) is 11.2. The fourth-order valence-corrected chi connectivity index (χ4v) is 2.77. The summed E-state index contributed by atoms with van der Waals surface area (Å²) in [5, 5.41) is 17.5. The maximum Gasteiger partial charge on any atom is 0.245 e. The molecule has 1 rings (SSSR count). The third-order valence-electron chi connectivity index (χ3n) is 2.28. The average Bonchev–Trinajstić information content (AvgIpc) is 2.32. The molecule has 0 aromatic heterocycles. The number of benzene rings is 1. The van der Waals surface area contributed by atoms with E-state index in [4.69, 9.17) is 22.1 Å². The summed E-state index contributed by atoms with van der Waals surface area (Å²) in [6.45, 7) is 1.00. The van der Waals surface area contributed by atoms with Crippen LogP contribution in [0.15, 0.2) is 23.1 Å². The van der Waals surface area contributed by atoms with E-state index in [0.29, 0.717) is 5.02 Å². The quantitative estimate of drug-likeness (QED) is 0.787. The van der Waals surface area contributed by atoms with Crippen LogP contribution in [-0.2, 0) is 10.0 Å². The van der Waals surface area contributed by atoms with E-state index in [-0.39, 0.29) is 18.0 Å². The minimum absolute atomic E-state index is 0.0244. The normalized spacial score (nSPS) is 10.9. The Morgan fingerprint density at radius 3 is 2.28 bits per heavy atom. The fraction of sp³-hybridized carbons (Fsp3) is 0.273. The Bertz CT molecular complexity index is 613. The smallest absolute Gasteiger partial charge is 0.207 e. The average molecular weight is 284 g/mol. The molecule has 0 bridgehead atoms. The summed E-state index contributed by atoms with van der Waals surface area (Å²) in [6.07, 6.45) is 0. The van der Waals surface area contributed by atoms with Gasteiger partial charge in [0.1, 0.15) is 13.1 Å². The van der Waals surface area contributed by atoms with Crippen molar-refractivity contribution in [3.8, 4) is 12.1 Å². The minimum atomic E-state index is -3.86. The molecule has 7 heteroatoms. The fourth-order valence-electron chi connectivity index (χ4n) is 1.27. The van der Waals surface area contributed by atoms with Crippen molar-refractivity contribution in [2.24, 2.45) is 0 Å². The first kappa shape index (κ1) is 14.5. The zero-order valence-electron chi connectivity index (χ0n) is 9.59. The van der Waals surface area contributed by atoms with Gasteiger partial charge in [-0.05, 0) is 24.6 Å². The zero-order chi connectivity index (χ0) is 13.8. The number of nitrogens with zero attached hydrogens (tertiary/aromatic N) is 3. The Labute approximate surface area is 111 Å². The van der Waals surface area contributed by atoms with E-state index < -0.39 is 10.0 Å². The van der Waals surface area contributed by atoms with Gasteiger partial charge >= 0.3 is 0 Å². The maximum atomic E-state index is 12.1. The van der Waals surface area contributed by atoms with Crippen molar-refractivity contribution in [1.82, 2.24) is 4.31 Å². The lowest BCUT2D eigenvalue weighted by atomic mass is 10.2. The highest BCUT2D eigenvalue weighted by molar-refractivity contribution is 7.89. The summed E-state index contributed by atoms with van der Waals surface area (Å²) in [5.74, 6) is 0. The molecule has 5 nitrogen and oxygen atoms in total. The summed E-state index contributed by atoms with van der Waals surface area (Å²) in [5.41, 5.74) is 0.753. The van der Waals surface area contributed by atoms with Crippen molar-refractivity contribution in [2.75, 3.05) is 13.1 Å². The lowest BCUT2D eigenvalue weighted by molar-refractivity contribution is 0.479. The van der Waals surface area contributed by atoms with Crippen molar-refractivity contribution >= 4 is 21.6 Å². The molecule has 0 aliphatic carbocycles. The van der Waals surface area contributed by atoms with Gasteiger partial charge < -0.3 is 0 Å². The Morgan fingerprint density at radius 2 is 1.83 bits per heavy atom. The molecule has 0 spiro atoms. The molecule has 94 valence electrons. The largest absolute Gasteiger partial charge is 0.245 e. The number of rotatable bonds is 4. The first-order valence-corrected chi connectivity index (χ1v) is 6.75. The topological polar surface area (TPSA) is 85.0 Å². The van der Waals surface area contributed by atoms with Crippen LogP contribution >= 0.6 is 11.6 Å². The molecule has 0 saturated heterocycles. The van der Waals surface area contributed by atoms with Crippen LogP contribution in [0.2, 0.25) is 5.02 Å². The van der Waals surface area contributed by atoms with Gasteiger partial charge in [-0.1, -0.05) is 17.7 Å². The van der Waals surface area contributed by atoms with Gasteiger partial charge in [0.25, 0.3) is 0 Å². The van der Waals surface area contributed by atoms with E-state index in [9.17, 15) is 8.42 Å². The summed E-state index contributed by atoms with van der Waals surface area (Å²) < 4.78 is 25.1. The lowest BCUT2D eigenvalue weighted by Crippen LogP contribution is -2.31. The second-order valence-electron chi connectivity index (χ2n) is 3.50. The molecule has 0 fully saturated rings. The third kappa shape index (κ3) is 2.99. The van der Waals surface area contributed by atoms with Crippen LogP contribution in [0, 0.1) is 29.6 Å². The van der Waals surface area contributed by atoms with Crippen LogP contribution < -0.4 is 0 Å². The van der Waals surface area contributed by atoms with Crippen LogP contribution in [-0.4, -0.2) is 25.8 Å². The predicted molar refractivity (Wildman–Crippen MR) is 66.2 cm³/mol. The molecular weight excluding hydrogens is 274 g/mol. The molecule has 0 N–H and O–H groups in total. The highest BCUT2D eigenvalue weighted by atomic mass is 35.5. The first-order chi connectivity index (χ1) is 8.43. The molecular formula is C11H10ClN3O2S. The number of sulfonamides is 1. The highest BCUT2D eigenvalue weighted by Crippen LogP contribution is 2.22. The molecule has 1 aromatic rings. The van der Waals surface area contributed by atoms with Crippen molar-refractivity contribution in [1.29, 1.82) is 10.5 Å². The van der Waals surface area contributed by atoms with E-state index in [1.165, 1.54) is 12.1 Å². The molecule has 0 radical (unpaired) electrons. The number of nitriles is 2. The molecule has 0 aliphatic heterocycles. The van der Waals surface area contributed by atoms with E-state index in [1.54, 1.807) is 25.1 Å². The lowest BCUT2D eigenvalue weighted by Gasteiger charge is -2.16. The van der Waals surface area contributed by atoms with Crippen LogP contribution in [0.25, 0.3) is 0 Å². The Kier molecular flexibility index (Phi) is 4.69. The first-order valence-electron chi connectivity index (χ1n) is 4.93. The molecule has 1 aromatic carbocycles. The summed E-state index contributed by atoms with van der Waals surface area (Å²) in [7, 11) is -3.86. The number of hydrogen-bond donors (Lipinski definition) is 0. The SMILES string of the molecule is Cc1ccc(S(=O)(=O)N(CC#N)CC#N)cc1Cl. The Morgan fingerprint density at radius 1 is 1.28 bits per heavy atom. The van der Waals surface area contributed by atoms with E-state index in [1.807, 2.05) is 0 Å². The van der Waals surface area contributed by atoms with Gasteiger partial charge in [-0.15, -0.1) is 0 Å². The second-order valence-corrected chi connectivity index (χ2v) is 5.85. The van der Waals surface area contributed by atoms with Gasteiger partial charge in [0.2, 0.25) is 10.0 Å². The summed E-state index contributed by atoms with van der Waals surface area (Å²) >= 11 is 5.87. The summed E-state index contributed by atoms with van der Waals surface area (Å²) in [6, 6.07) is 7.72. The van der Waals surface area contributed by atoms with Crippen LogP contribution in [0.3, 0.4) is 0 Å². The molecule has 18 heavy (non-hydrogen) atoms. The van der Waals surface area contributed by atoms with Crippen molar-refractivity contribution in [3.05, 3.63) is 28.8 Å². The van der Waals surface area contributed by atoms with Crippen molar-refractivity contribution < 1.29 is 8.42 Å². The number of halogens is 1. The van der Waals surface area contributed by atoms with E-state index in [2.05, 4.69) is 0 Å². The van der Waals surface area contributed by atoms with Crippen LogP contribution in [0.5, 0.6) is 0 Å². The molecule has 0 atom stereocenters. The molecule has 0 aliphatic rings. The minimum Gasteiger partial charge on any atom is -0.207 e. The van der Waals surface area contributed by atoms with Gasteiger partial charge in [-0.25, -0.2) is 8.42 Å². The van der Waals surface area contributed by atoms with E-state index in [0.717, 1.165) is 9.87 Å². The predicted octanol–water partition coefficient (Wildman–Crippen LogP) is 1.69. The summed E-state index contributed by atoms with van der Waals surface area (Å²) in [4.78, 5) is -0.0244. The number of aryl methyl sites for hydroxylation is 1. The highest BCUT2D eigenvalue weighted by Gasteiger charge is 2.24. The van der Waals surface area contributed by atoms with E-state index >= 15 is 0 Å². The van der Waals surface area contributed by atoms with Crippen LogP contribution in [0.4, 0.5) is 0 Å². The van der Waals surface area contributed by atoms with Crippen molar-refractivity contribution in [2.45, 2.75) is 11.8 Å². The standard InChI is InChI=1S/C11H10ClN3O2S/c1-9-2-3-10(8-11(9)12)18(16,17)15(6-4-13)7-5-14/h2-3,8H,6-7H2,1H3. The molecule has 0 heterocycles. The van der Waals surface area contributed by atoms with Crippen LogP contribution in [0.1, 0.15) is 5.56 Å². The van der Waals surface area contributed by atoms with Gasteiger partial charge in [0, 0.05) is 5.02 Å². The Hall–Kier alpha value is -1.60. The molecule has 0 unspecified atom stereocenters. The third-order valence-corrected chi connectivity index (χ3v) is 4.47. The molecule has 0 amide bonds. The second kappa shape index (κ2) is 5.83. The van der Waals surface area contributed by atoms with Gasteiger partial charge in [0.15, 0.2) is 0 Å².